The Labute approximate surface area is 139 Å². The van der Waals surface area contributed by atoms with E-state index in [0.29, 0.717) is 18.7 Å². The molecule has 0 spiro atoms. The summed E-state index contributed by atoms with van der Waals surface area (Å²) in [6, 6.07) is 8.97. The Hall–Kier alpha value is -1.50. The molecule has 0 saturated carbocycles. The average molecular weight is 339 g/mol. The van der Waals surface area contributed by atoms with Crippen molar-refractivity contribution in [1.82, 2.24) is 4.31 Å². The van der Waals surface area contributed by atoms with Crippen LogP contribution in [0.5, 0.6) is 0 Å². The van der Waals surface area contributed by atoms with Gasteiger partial charge in [-0.15, -0.1) is 0 Å². The van der Waals surface area contributed by atoms with E-state index < -0.39 is 16.1 Å². The zero-order chi connectivity index (χ0) is 17.3. The molecule has 5 nitrogen and oxygen atoms in total. The third-order valence-electron chi connectivity index (χ3n) is 3.54. The van der Waals surface area contributed by atoms with Gasteiger partial charge in [0.15, 0.2) is 5.78 Å². The first kappa shape index (κ1) is 19.5. The van der Waals surface area contributed by atoms with Gasteiger partial charge in [0.1, 0.15) is 0 Å². The van der Waals surface area contributed by atoms with Crippen LogP contribution in [0.15, 0.2) is 42.5 Å². The number of hydrogen-bond acceptors (Lipinski definition) is 4. The van der Waals surface area contributed by atoms with Crippen molar-refractivity contribution in [2.75, 3.05) is 26.0 Å². The van der Waals surface area contributed by atoms with E-state index in [1.807, 2.05) is 18.2 Å². The molecule has 0 N–H and O–H groups in total. The maximum atomic E-state index is 12.1. The van der Waals surface area contributed by atoms with Gasteiger partial charge in [-0.2, -0.15) is 0 Å². The van der Waals surface area contributed by atoms with E-state index in [0.717, 1.165) is 0 Å². The zero-order valence-corrected chi connectivity index (χ0v) is 14.8. The Kier molecular flexibility index (Phi) is 8.16. The van der Waals surface area contributed by atoms with Crippen molar-refractivity contribution in [3.8, 4) is 0 Å². The summed E-state index contributed by atoms with van der Waals surface area (Å²) in [6.45, 7) is 4.52. The van der Waals surface area contributed by atoms with E-state index in [1.165, 1.54) is 11.4 Å². The van der Waals surface area contributed by atoms with Gasteiger partial charge in [0.05, 0.1) is 11.9 Å². The molecule has 0 aliphatic carbocycles. The monoisotopic (exact) mass is 339 g/mol. The third-order valence-corrected chi connectivity index (χ3v) is 5.46. The maximum Gasteiger partial charge on any atom is 0.217 e. The fourth-order valence-electron chi connectivity index (χ4n) is 2.21. The van der Waals surface area contributed by atoms with Crippen LogP contribution >= 0.6 is 0 Å². The van der Waals surface area contributed by atoms with Crippen molar-refractivity contribution in [1.29, 1.82) is 0 Å². The number of carbonyl (C=O) groups is 1. The summed E-state index contributed by atoms with van der Waals surface area (Å²) >= 11 is 0. The molecule has 0 aliphatic rings. The van der Waals surface area contributed by atoms with Crippen LogP contribution in [0.1, 0.15) is 30.6 Å². The number of ether oxygens (including phenoxy) is 1. The van der Waals surface area contributed by atoms with Crippen molar-refractivity contribution in [3.05, 3.63) is 48.0 Å². The second kappa shape index (κ2) is 9.60. The summed E-state index contributed by atoms with van der Waals surface area (Å²) in [4.78, 5) is 12.1. The SMILES string of the molecule is CCN(CC)S(=O)(=O)C/C=C\C(CC(=O)c1ccccc1)OC. The van der Waals surface area contributed by atoms with Crippen LogP contribution in [-0.2, 0) is 14.8 Å². The normalized spacial score (nSPS) is 13.6. The molecule has 0 amide bonds. The molecule has 23 heavy (non-hydrogen) atoms. The first-order valence-electron chi connectivity index (χ1n) is 7.70. The van der Waals surface area contributed by atoms with Crippen molar-refractivity contribution < 1.29 is 17.9 Å². The molecule has 0 saturated heterocycles. The fraction of sp³-hybridized carbons (Fsp3) is 0.471. The predicted molar refractivity (Wildman–Crippen MR) is 92.0 cm³/mol. The first-order valence-corrected chi connectivity index (χ1v) is 9.31. The van der Waals surface area contributed by atoms with Gasteiger partial charge in [0.2, 0.25) is 10.0 Å². The number of rotatable bonds is 10. The van der Waals surface area contributed by atoms with Gasteiger partial charge < -0.3 is 4.74 Å². The second-order valence-electron chi connectivity index (χ2n) is 5.06. The van der Waals surface area contributed by atoms with Gasteiger partial charge in [-0.3, -0.25) is 4.79 Å². The summed E-state index contributed by atoms with van der Waals surface area (Å²) in [5, 5.41) is 0. The van der Waals surface area contributed by atoms with E-state index in [9.17, 15) is 13.2 Å². The Morgan fingerprint density at radius 3 is 2.35 bits per heavy atom. The molecule has 0 aliphatic heterocycles. The summed E-state index contributed by atoms with van der Waals surface area (Å²) in [6.07, 6.45) is 2.94. The Morgan fingerprint density at radius 2 is 1.83 bits per heavy atom. The van der Waals surface area contributed by atoms with Crippen molar-refractivity contribution in [3.63, 3.8) is 0 Å². The van der Waals surface area contributed by atoms with Gasteiger partial charge in [-0.05, 0) is 0 Å². The van der Waals surface area contributed by atoms with E-state index in [-0.39, 0.29) is 18.0 Å². The van der Waals surface area contributed by atoms with Crippen LogP contribution in [0, 0.1) is 0 Å². The topological polar surface area (TPSA) is 63.7 Å². The zero-order valence-electron chi connectivity index (χ0n) is 13.9. The van der Waals surface area contributed by atoms with Crippen LogP contribution in [0.3, 0.4) is 0 Å². The van der Waals surface area contributed by atoms with Gasteiger partial charge >= 0.3 is 0 Å². The van der Waals surface area contributed by atoms with E-state index in [1.54, 1.807) is 38.1 Å². The molecule has 6 heteroatoms. The minimum absolute atomic E-state index is 0.0336. The molecule has 0 bridgehead atoms. The average Bonchev–Trinajstić information content (AvgIpc) is 2.55. The third kappa shape index (κ3) is 6.25. The first-order chi connectivity index (χ1) is 10.9. The van der Waals surface area contributed by atoms with Crippen LogP contribution in [0.4, 0.5) is 0 Å². The van der Waals surface area contributed by atoms with Crippen LogP contribution in [0.2, 0.25) is 0 Å². The smallest absolute Gasteiger partial charge is 0.217 e. The molecular weight excluding hydrogens is 314 g/mol. The number of nitrogens with zero attached hydrogens (tertiary/aromatic N) is 1. The lowest BCUT2D eigenvalue weighted by Crippen LogP contribution is -2.32. The van der Waals surface area contributed by atoms with E-state index in [4.69, 9.17) is 4.74 Å². The molecule has 128 valence electrons. The molecule has 0 radical (unpaired) electrons. The molecule has 1 atom stereocenters. The Bertz CT molecular complexity index is 607. The molecule has 1 aromatic rings. The number of hydrogen-bond donors (Lipinski definition) is 0. The molecular formula is C17H25NO4S. The lowest BCUT2D eigenvalue weighted by molar-refractivity contribution is 0.0852. The molecule has 0 fully saturated rings. The predicted octanol–water partition coefficient (Wildman–Crippen LogP) is 2.50. The van der Waals surface area contributed by atoms with Crippen LogP contribution in [-0.4, -0.2) is 50.6 Å². The summed E-state index contributed by atoms with van der Waals surface area (Å²) < 4.78 is 30.8. The summed E-state index contributed by atoms with van der Waals surface area (Å²) in [7, 11) is -1.79. The molecule has 0 aromatic heterocycles. The molecule has 1 aromatic carbocycles. The fourth-order valence-corrected chi connectivity index (χ4v) is 3.56. The number of ketones is 1. The number of sulfonamides is 1. The van der Waals surface area contributed by atoms with E-state index in [2.05, 4.69) is 0 Å². The van der Waals surface area contributed by atoms with Crippen LogP contribution in [0.25, 0.3) is 0 Å². The maximum absolute atomic E-state index is 12.1. The standard InChI is InChI=1S/C17H25NO4S/c1-4-18(5-2)23(20,21)13-9-12-16(22-3)14-17(19)15-10-7-6-8-11-15/h6-12,16H,4-5,13-14H2,1-3H3/b12-9-. The molecule has 1 unspecified atom stereocenters. The number of benzene rings is 1. The molecule has 1 rings (SSSR count). The van der Waals surface area contributed by atoms with Gasteiger partial charge in [-0.25, -0.2) is 12.7 Å². The van der Waals surface area contributed by atoms with Crippen molar-refractivity contribution >= 4 is 15.8 Å². The lowest BCUT2D eigenvalue weighted by atomic mass is 10.1. The van der Waals surface area contributed by atoms with Gasteiger partial charge in [0.25, 0.3) is 0 Å². The number of carbonyl (C=O) groups excluding carboxylic acids is 1. The van der Waals surface area contributed by atoms with Gasteiger partial charge in [-0.1, -0.05) is 56.3 Å². The highest BCUT2D eigenvalue weighted by atomic mass is 32.2. The van der Waals surface area contributed by atoms with Gasteiger partial charge in [0, 0.05) is 32.2 Å². The van der Waals surface area contributed by atoms with Crippen molar-refractivity contribution in [2.45, 2.75) is 26.4 Å². The highest BCUT2D eigenvalue weighted by molar-refractivity contribution is 7.89. The Morgan fingerprint density at radius 1 is 1.22 bits per heavy atom. The largest absolute Gasteiger partial charge is 0.377 e. The molecule has 0 heterocycles. The summed E-state index contributed by atoms with van der Waals surface area (Å²) in [5.41, 5.74) is 0.624. The minimum Gasteiger partial charge on any atom is -0.377 e. The highest BCUT2D eigenvalue weighted by Gasteiger charge is 2.17. The lowest BCUT2D eigenvalue weighted by Gasteiger charge is -2.17. The Balaban J connectivity index is 2.64. The number of Topliss-reactive ketones (excluding diaryl/α,β-unsaturated/α-hetero) is 1. The second-order valence-corrected chi connectivity index (χ2v) is 7.07. The summed E-state index contributed by atoms with van der Waals surface area (Å²) in [5.74, 6) is -0.123. The van der Waals surface area contributed by atoms with E-state index >= 15 is 0 Å². The van der Waals surface area contributed by atoms with Crippen LogP contribution < -0.4 is 0 Å². The minimum atomic E-state index is -3.30. The van der Waals surface area contributed by atoms with Crippen molar-refractivity contribution in [2.24, 2.45) is 0 Å². The highest BCUT2D eigenvalue weighted by Crippen LogP contribution is 2.09. The quantitative estimate of drug-likeness (QED) is 0.485. The number of methoxy groups -OCH3 is 1.